The summed E-state index contributed by atoms with van der Waals surface area (Å²) in [6, 6.07) is 0. The summed E-state index contributed by atoms with van der Waals surface area (Å²) in [7, 11) is 0. The van der Waals surface area contributed by atoms with Gasteiger partial charge in [-0.15, -0.1) is 0 Å². The van der Waals surface area contributed by atoms with Crippen molar-refractivity contribution in [3.8, 4) is 0 Å². The van der Waals surface area contributed by atoms with Gasteiger partial charge in [0.1, 0.15) is 6.54 Å². The summed E-state index contributed by atoms with van der Waals surface area (Å²) in [5.74, 6) is -0.0573. The van der Waals surface area contributed by atoms with Crippen molar-refractivity contribution >= 4 is 11.9 Å². The average molecular weight is 227 g/mol. The lowest BCUT2D eigenvalue weighted by Gasteiger charge is -2.23. The maximum atomic E-state index is 12.0. The lowest BCUT2D eigenvalue weighted by Crippen LogP contribution is -2.39. The van der Waals surface area contributed by atoms with Gasteiger partial charge in [0, 0.05) is 12.5 Å². The molecule has 0 aromatic rings. The van der Waals surface area contributed by atoms with Gasteiger partial charge >= 0.3 is 5.97 Å². The maximum absolute atomic E-state index is 12.0. The topological polar surface area (TPSA) is 46.6 Å². The van der Waals surface area contributed by atoms with E-state index in [9.17, 15) is 9.59 Å². The van der Waals surface area contributed by atoms with Crippen LogP contribution in [-0.4, -0.2) is 36.5 Å². The molecule has 0 aromatic heterocycles. The standard InChI is InChI=1S/C12H21NO3/c1-3-13(9-11(14)16-4-2)12(15)10-7-5-6-8-10/h10H,3-9H2,1-2H3. The van der Waals surface area contributed by atoms with E-state index in [0.29, 0.717) is 13.2 Å². The van der Waals surface area contributed by atoms with Gasteiger partial charge in [-0.25, -0.2) is 0 Å². The molecule has 0 aliphatic heterocycles. The van der Waals surface area contributed by atoms with Gasteiger partial charge in [0.2, 0.25) is 5.91 Å². The minimum atomic E-state index is -0.310. The molecule has 1 aliphatic rings. The maximum Gasteiger partial charge on any atom is 0.325 e. The van der Waals surface area contributed by atoms with Gasteiger partial charge in [0.15, 0.2) is 0 Å². The van der Waals surface area contributed by atoms with E-state index >= 15 is 0 Å². The number of amides is 1. The predicted molar refractivity (Wildman–Crippen MR) is 60.8 cm³/mol. The van der Waals surface area contributed by atoms with Crippen molar-refractivity contribution in [2.45, 2.75) is 39.5 Å². The largest absolute Gasteiger partial charge is 0.465 e. The monoisotopic (exact) mass is 227 g/mol. The first kappa shape index (κ1) is 13.0. The Morgan fingerprint density at radius 1 is 1.25 bits per heavy atom. The number of carbonyl (C=O) groups excluding carboxylic acids is 2. The van der Waals surface area contributed by atoms with E-state index < -0.39 is 0 Å². The minimum absolute atomic E-state index is 0.0969. The van der Waals surface area contributed by atoms with Crippen LogP contribution in [0.25, 0.3) is 0 Å². The Balaban J connectivity index is 2.45. The van der Waals surface area contributed by atoms with Crippen LogP contribution in [0.4, 0.5) is 0 Å². The van der Waals surface area contributed by atoms with Crippen LogP contribution in [-0.2, 0) is 14.3 Å². The predicted octanol–water partition coefficient (Wildman–Crippen LogP) is 1.59. The van der Waals surface area contributed by atoms with Crippen LogP contribution in [0, 0.1) is 5.92 Å². The summed E-state index contributed by atoms with van der Waals surface area (Å²) in [5.41, 5.74) is 0. The molecule has 92 valence electrons. The quantitative estimate of drug-likeness (QED) is 0.670. The number of likely N-dealkylation sites (N-methyl/N-ethyl adjacent to an activating group) is 1. The van der Waals surface area contributed by atoms with Crippen LogP contribution in [0.15, 0.2) is 0 Å². The molecule has 0 aromatic carbocycles. The molecule has 0 saturated heterocycles. The molecule has 16 heavy (non-hydrogen) atoms. The van der Waals surface area contributed by atoms with Gasteiger partial charge in [-0.3, -0.25) is 9.59 Å². The first-order valence-corrected chi connectivity index (χ1v) is 6.13. The number of rotatable bonds is 5. The molecule has 1 amide bonds. The second-order valence-corrected chi connectivity index (χ2v) is 4.14. The van der Waals surface area contributed by atoms with Crippen molar-refractivity contribution in [3.05, 3.63) is 0 Å². The van der Waals surface area contributed by atoms with E-state index in [2.05, 4.69) is 0 Å². The van der Waals surface area contributed by atoms with Crippen molar-refractivity contribution in [2.75, 3.05) is 19.7 Å². The fourth-order valence-corrected chi connectivity index (χ4v) is 2.14. The van der Waals surface area contributed by atoms with Crippen LogP contribution in [0.5, 0.6) is 0 Å². The van der Waals surface area contributed by atoms with Gasteiger partial charge in [0.05, 0.1) is 6.61 Å². The van der Waals surface area contributed by atoms with E-state index in [1.807, 2.05) is 6.92 Å². The van der Waals surface area contributed by atoms with Gasteiger partial charge in [-0.2, -0.15) is 0 Å². The molecule has 0 unspecified atom stereocenters. The summed E-state index contributed by atoms with van der Waals surface area (Å²) >= 11 is 0. The Labute approximate surface area is 96.9 Å². The number of carbonyl (C=O) groups is 2. The Morgan fingerprint density at radius 2 is 1.88 bits per heavy atom. The average Bonchev–Trinajstić information content (AvgIpc) is 2.78. The number of hydrogen-bond acceptors (Lipinski definition) is 3. The second kappa shape index (κ2) is 6.51. The fourth-order valence-electron chi connectivity index (χ4n) is 2.14. The molecular weight excluding hydrogens is 206 g/mol. The fraction of sp³-hybridized carbons (Fsp3) is 0.833. The summed E-state index contributed by atoms with van der Waals surface area (Å²) in [6.07, 6.45) is 4.21. The molecule has 4 heteroatoms. The Hall–Kier alpha value is -1.06. The highest BCUT2D eigenvalue weighted by Crippen LogP contribution is 2.26. The highest BCUT2D eigenvalue weighted by atomic mass is 16.5. The van der Waals surface area contributed by atoms with Crippen LogP contribution < -0.4 is 0 Å². The Morgan fingerprint density at radius 3 is 2.38 bits per heavy atom. The normalized spacial score (nSPS) is 16.1. The highest BCUT2D eigenvalue weighted by molar-refractivity contribution is 5.83. The third-order valence-electron chi connectivity index (χ3n) is 3.02. The SMILES string of the molecule is CCOC(=O)CN(CC)C(=O)C1CCCC1. The molecule has 0 spiro atoms. The summed E-state index contributed by atoms with van der Waals surface area (Å²) in [6.45, 7) is 4.71. The zero-order valence-electron chi connectivity index (χ0n) is 10.2. The molecule has 4 nitrogen and oxygen atoms in total. The molecule has 1 saturated carbocycles. The van der Waals surface area contributed by atoms with E-state index in [1.54, 1.807) is 11.8 Å². The molecule has 1 aliphatic carbocycles. The zero-order valence-corrected chi connectivity index (χ0v) is 10.2. The van der Waals surface area contributed by atoms with E-state index in [-0.39, 0.29) is 24.3 Å². The molecule has 0 heterocycles. The zero-order chi connectivity index (χ0) is 12.0. The van der Waals surface area contributed by atoms with Crippen molar-refractivity contribution in [1.29, 1.82) is 0 Å². The number of hydrogen-bond donors (Lipinski definition) is 0. The Bertz CT molecular complexity index is 247. The lowest BCUT2D eigenvalue weighted by molar-refractivity contribution is -0.150. The first-order valence-electron chi connectivity index (χ1n) is 6.13. The van der Waals surface area contributed by atoms with Crippen molar-refractivity contribution in [3.63, 3.8) is 0 Å². The van der Waals surface area contributed by atoms with Crippen LogP contribution in [0.2, 0.25) is 0 Å². The summed E-state index contributed by atoms with van der Waals surface area (Å²) in [4.78, 5) is 25.0. The van der Waals surface area contributed by atoms with E-state index in [4.69, 9.17) is 4.74 Å². The molecular formula is C12H21NO3. The summed E-state index contributed by atoms with van der Waals surface area (Å²) < 4.78 is 4.85. The lowest BCUT2D eigenvalue weighted by atomic mass is 10.1. The first-order chi connectivity index (χ1) is 7.69. The van der Waals surface area contributed by atoms with Crippen molar-refractivity contribution in [2.24, 2.45) is 5.92 Å². The van der Waals surface area contributed by atoms with Gasteiger partial charge < -0.3 is 9.64 Å². The minimum Gasteiger partial charge on any atom is -0.465 e. The van der Waals surface area contributed by atoms with E-state index in [0.717, 1.165) is 25.7 Å². The molecule has 1 fully saturated rings. The van der Waals surface area contributed by atoms with Crippen LogP contribution in [0.1, 0.15) is 39.5 Å². The van der Waals surface area contributed by atoms with Crippen LogP contribution in [0.3, 0.4) is 0 Å². The third kappa shape index (κ3) is 3.51. The molecule has 1 rings (SSSR count). The van der Waals surface area contributed by atoms with Gasteiger partial charge in [-0.1, -0.05) is 12.8 Å². The molecule has 0 N–H and O–H groups in total. The molecule has 0 atom stereocenters. The second-order valence-electron chi connectivity index (χ2n) is 4.14. The Kier molecular flexibility index (Phi) is 5.29. The van der Waals surface area contributed by atoms with Crippen LogP contribution >= 0.6 is 0 Å². The van der Waals surface area contributed by atoms with Crippen molar-refractivity contribution < 1.29 is 14.3 Å². The molecule has 0 radical (unpaired) electrons. The van der Waals surface area contributed by atoms with Crippen molar-refractivity contribution in [1.82, 2.24) is 4.90 Å². The number of ether oxygens (including phenoxy) is 1. The molecule has 0 bridgehead atoms. The smallest absolute Gasteiger partial charge is 0.325 e. The number of esters is 1. The summed E-state index contributed by atoms with van der Waals surface area (Å²) in [5, 5.41) is 0. The third-order valence-corrected chi connectivity index (χ3v) is 3.02. The van der Waals surface area contributed by atoms with Gasteiger partial charge in [0.25, 0.3) is 0 Å². The highest BCUT2D eigenvalue weighted by Gasteiger charge is 2.27. The number of nitrogens with zero attached hydrogens (tertiary/aromatic N) is 1. The van der Waals surface area contributed by atoms with E-state index in [1.165, 1.54) is 0 Å². The van der Waals surface area contributed by atoms with Gasteiger partial charge in [-0.05, 0) is 26.7 Å².